The molecule has 22 heavy (non-hydrogen) atoms. The van der Waals surface area contributed by atoms with Crippen molar-refractivity contribution in [3.05, 3.63) is 51.6 Å². The van der Waals surface area contributed by atoms with Gasteiger partial charge in [0.15, 0.2) is 0 Å². The van der Waals surface area contributed by atoms with E-state index < -0.39 is 11.7 Å². The molecule has 0 radical (unpaired) electrons. The van der Waals surface area contributed by atoms with Crippen molar-refractivity contribution in [3.63, 3.8) is 0 Å². The summed E-state index contributed by atoms with van der Waals surface area (Å²) in [6, 6.07) is 5.80. The molecule has 0 amide bonds. The Kier molecular flexibility index (Phi) is 5.49. The molecule has 0 bridgehead atoms. The standard InChI is InChI=1S/C14H12BrF3N2OS/c15-10-4-9(6-19)12(11(5-10)14(16,17)18)22-13-8(7-21)2-1-3-20-13/h1-5,21H,6-7,19H2. The largest absolute Gasteiger partial charge is 0.417 e. The molecular formula is C14H12BrF3N2OS. The fourth-order valence-electron chi connectivity index (χ4n) is 1.87. The third kappa shape index (κ3) is 3.81. The van der Waals surface area contributed by atoms with Gasteiger partial charge in [0.2, 0.25) is 0 Å². The van der Waals surface area contributed by atoms with Gasteiger partial charge in [-0.05, 0) is 23.8 Å². The highest BCUT2D eigenvalue weighted by Crippen LogP contribution is 2.43. The molecule has 2 aromatic rings. The topological polar surface area (TPSA) is 59.1 Å². The lowest BCUT2D eigenvalue weighted by molar-refractivity contribution is -0.139. The molecule has 0 aliphatic rings. The van der Waals surface area contributed by atoms with Crippen molar-refractivity contribution in [1.29, 1.82) is 0 Å². The minimum absolute atomic E-state index is 0.00611. The summed E-state index contributed by atoms with van der Waals surface area (Å²) in [5.41, 5.74) is 5.64. The number of nitrogens with zero attached hydrogens (tertiary/aromatic N) is 1. The summed E-state index contributed by atoms with van der Waals surface area (Å²) in [6.45, 7) is -0.335. The van der Waals surface area contributed by atoms with Gasteiger partial charge in [-0.15, -0.1) is 0 Å². The second kappa shape index (κ2) is 6.99. The fraction of sp³-hybridized carbons (Fsp3) is 0.214. The first-order valence-corrected chi connectivity index (χ1v) is 7.80. The van der Waals surface area contributed by atoms with Crippen molar-refractivity contribution in [1.82, 2.24) is 4.98 Å². The number of aliphatic hydroxyl groups is 1. The number of aliphatic hydroxyl groups excluding tert-OH is 1. The third-order valence-electron chi connectivity index (χ3n) is 2.87. The van der Waals surface area contributed by atoms with Crippen LogP contribution in [-0.4, -0.2) is 10.1 Å². The predicted octanol–water partition coefficient (Wildman–Crippen LogP) is 3.97. The lowest BCUT2D eigenvalue weighted by atomic mass is 10.1. The molecule has 0 atom stereocenters. The molecule has 3 nitrogen and oxygen atoms in total. The van der Waals surface area contributed by atoms with Crippen LogP contribution in [0.5, 0.6) is 0 Å². The number of hydrogen-bond donors (Lipinski definition) is 2. The maximum absolute atomic E-state index is 13.3. The van der Waals surface area contributed by atoms with Crippen LogP contribution in [0.4, 0.5) is 13.2 Å². The highest BCUT2D eigenvalue weighted by atomic mass is 79.9. The zero-order valence-corrected chi connectivity index (χ0v) is 13.6. The lowest BCUT2D eigenvalue weighted by Crippen LogP contribution is -2.11. The van der Waals surface area contributed by atoms with Crippen LogP contribution in [0.25, 0.3) is 0 Å². The summed E-state index contributed by atoms with van der Waals surface area (Å²) in [5.74, 6) is 0. The molecule has 0 spiro atoms. The summed E-state index contributed by atoms with van der Waals surface area (Å²) in [7, 11) is 0. The summed E-state index contributed by atoms with van der Waals surface area (Å²) >= 11 is 3.93. The average molecular weight is 393 g/mol. The van der Waals surface area contributed by atoms with Gasteiger partial charge >= 0.3 is 6.18 Å². The van der Waals surface area contributed by atoms with E-state index in [1.165, 1.54) is 6.20 Å². The van der Waals surface area contributed by atoms with Crippen LogP contribution in [0, 0.1) is 0 Å². The smallest absolute Gasteiger partial charge is 0.392 e. The molecule has 0 saturated carbocycles. The zero-order chi connectivity index (χ0) is 16.3. The van der Waals surface area contributed by atoms with E-state index in [1.807, 2.05) is 0 Å². The van der Waals surface area contributed by atoms with E-state index in [2.05, 4.69) is 20.9 Å². The normalized spacial score (nSPS) is 11.7. The molecule has 118 valence electrons. The Labute approximate surface area is 137 Å². The van der Waals surface area contributed by atoms with Crippen LogP contribution in [0.15, 0.2) is 44.9 Å². The average Bonchev–Trinajstić information content (AvgIpc) is 2.48. The number of nitrogens with two attached hydrogens (primary N) is 1. The maximum Gasteiger partial charge on any atom is 0.417 e. The lowest BCUT2D eigenvalue weighted by Gasteiger charge is -2.17. The summed E-state index contributed by atoms with van der Waals surface area (Å²) < 4.78 is 40.2. The molecule has 0 aliphatic carbocycles. The van der Waals surface area contributed by atoms with Crippen molar-refractivity contribution in [2.45, 2.75) is 29.2 Å². The van der Waals surface area contributed by atoms with Crippen molar-refractivity contribution >= 4 is 27.7 Å². The molecule has 3 N–H and O–H groups in total. The molecule has 0 aliphatic heterocycles. The third-order valence-corrected chi connectivity index (χ3v) is 4.58. The Morgan fingerprint density at radius 2 is 2.00 bits per heavy atom. The van der Waals surface area contributed by atoms with Crippen LogP contribution in [0.2, 0.25) is 0 Å². The Morgan fingerprint density at radius 3 is 2.59 bits per heavy atom. The molecule has 8 heteroatoms. The van der Waals surface area contributed by atoms with Crippen LogP contribution in [0.1, 0.15) is 16.7 Å². The second-order valence-electron chi connectivity index (χ2n) is 4.37. The minimum atomic E-state index is -4.51. The number of pyridine rings is 1. The minimum Gasteiger partial charge on any atom is -0.392 e. The van der Waals surface area contributed by atoms with E-state index in [0.717, 1.165) is 17.8 Å². The Hall–Kier alpha value is -1.09. The zero-order valence-electron chi connectivity index (χ0n) is 11.2. The summed E-state index contributed by atoms with van der Waals surface area (Å²) in [5, 5.41) is 9.61. The van der Waals surface area contributed by atoms with Gasteiger partial charge < -0.3 is 10.8 Å². The second-order valence-corrected chi connectivity index (χ2v) is 6.29. The van der Waals surface area contributed by atoms with Crippen molar-refractivity contribution < 1.29 is 18.3 Å². The van der Waals surface area contributed by atoms with Crippen LogP contribution in [0.3, 0.4) is 0 Å². The molecule has 1 aromatic carbocycles. The van der Waals surface area contributed by atoms with E-state index in [1.54, 1.807) is 18.2 Å². The van der Waals surface area contributed by atoms with Gasteiger partial charge in [-0.2, -0.15) is 13.2 Å². The van der Waals surface area contributed by atoms with E-state index in [4.69, 9.17) is 5.73 Å². The van der Waals surface area contributed by atoms with Gasteiger partial charge in [-0.1, -0.05) is 33.8 Å². The van der Waals surface area contributed by atoms with Crippen LogP contribution >= 0.6 is 27.7 Å². The van der Waals surface area contributed by atoms with Gasteiger partial charge in [0.25, 0.3) is 0 Å². The van der Waals surface area contributed by atoms with Gasteiger partial charge in [-0.3, -0.25) is 0 Å². The van der Waals surface area contributed by atoms with Gasteiger partial charge in [0.1, 0.15) is 5.03 Å². The molecule has 0 unspecified atom stereocenters. The Balaban J connectivity index is 2.58. The first-order chi connectivity index (χ1) is 10.4. The molecule has 1 heterocycles. The quantitative estimate of drug-likeness (QED) is 0.826. The van der Waals surface area contributed by atoms with Crippen molar-refractivity contribution in [3.8, 4) is 0 Å². The monoisotopic (exact) mass is 392 g/mol. The van der Waals surface area contributed by atoms with Gasteiger partial charge in [0, 0.05) is 27.7 Å². The Bertz CT molecular complexity index is 680. The molecular weight excluding hydrogens is 381 g/mol. The van der Waals surface area contributed by atoms with Gasteiger partial charge in [0.05, 0.1) is 12.2 Å². The first-order valence-electron chi connectivity index (χ1n) is 6.19. The fourth-order valence-corrected chi connectivity index (χ4v) is 3.50. The number of benzene rings is 1. The number of hydrogen-bond acceptors (Lipinski definition) is 4. The van der Waals surface area contributed by atoms with Crippen LogP contribution in [-0.2, 0) is 19.3 Å². The number of aromatic nitrogens is 1. The van der Waals surface area contributed by atoms with Gasteiger partial charge in [-0.25, -0.2) is 4.98 Å². The number of halogens is 4. The number of rotatable bonds is 4. The molecule has 0 fully saturated rings. The van der Waals surface area contributed by atoms with Crippen molar-refractivity contribution in [2.75, 3.05) is 0 Å². The SMILES string of the molecule is NCc1cc(Br)cc(C(F)(F)F)c1Sc1ncccc1CO. The first kappa shape index (κ1) is 17.3. The van der Waals surface area contributed by atoms with Crippen molar-refractivity contribution in [2.24, 2.45) is 5.73 Å². The van der Waals surface area contributed by atoms with E-state index in [0.29, 0.717) is 20.6 Å². The Morgan fingerprint density at radius 1 is 1.27 bits per heavy atom. The summed E-state index contributed by atoms with van der Waals surface area (Å²) in [4.78, 5) is 4.06. The molecule has 0 saturated heterocycles. The molecule has 1 aromatic heterocycles. The van der Waals surface area contributed by atoms with Crippen LogP contribution < -0.4 is 5.73 Å². The number of alkyl halides is 3. The molecule has 2 rings (SSSR count). The summed E-state index contributed by atoms with van der Waals surface area (Å²) in [6.07, 6.45) is -3.04. The van der Waals surface area contributed by atoms with E-state index in [9.17, 15) is 18.3 Å². The highest BCUT2D eigenvalue weighted by Gasteiger charge is 2.35. The highest BCUT2D eigenvalue weighted by molar-refractivity contribution is 9.10. The van der Waals surface area contributed by atoms with E-state index in [-0.39, 0.29) is 18.0 Å². The maximum atomic E-state index is 13.3. The van der Waals surface area contributed by atoms with E-state index >= 15 is 0 Å². The predicted molar refractivity (Wildman–Crippen MR) is 81.3 cm³/mol.